The monoisotopic (exact) mass is 296 g/mol. The molecule has 118 valence electrons. The molecular weight excluding hydrogens is 272 g/mol. The SMILES string of the molecule is CCNC(=O)C[C@@H]1C=C[C@@H](NC(=O)C2CCC2)[C@H](CO)O1. The topological polar surface area (TPSA) is 87.7 Å². The van der Waals surface area contributed by atoms with Crippen LogP contribution in [0.1, 0.15) is 32.6 Å². The van der Waals surface area contributed by atoms with Gasteiger partial charge in [0.25, 0.3) is 0 Å². The van der Waals surface area contributed by atoms with E-state index in [9.17, 15) is 14.7 Å². The molecule has 0 spiro atoms. The van der Waals surface area contributed by atoms with Crippen molar-refractivity contribution in [3.63, 3.8) is 0 Å². The van der Waals surface area contributed by atoms with E-state index in [0.717, 1.165) is 19.3 Å². The number of nitrogens with one attached hydrogen (secondary N) is 2. The molecule has 3 N–H and O–H groups in total. The number of amides is 2. The van der Waals surface area contributed by atoms with Gasteiger partial charge in [-0.3, -0.25) is 9.59 Å². The molecule has 0 saturated heterocycles. The molecular formula is C15H24N2O4. The minimum Gasteiger partial charge on any atom is -0.394 e. The van der Waals surface area contributed by atoms with Crippen LogP contribution in [0.25, 0.3) is 0 Å². The Labute approximate surface area is 124 Å². The van der Waals surface area contributed by atoms with Crippen LogP contribution in [0.2, 0.25) is 0 Å². The summed E-state index contributed by atoms with van der Waals surface area (Å²) < 4.78 is 5.69. The lowest BCUT2D eigenvalue weighted by Crippen LogP contribution is -2.51. The molecule has 0 unspecified atom stereocenters. The van der Waals surface area contributed by atoms with Gasteiger partial charge >= 0.3 is 0 Å². The highest BCUT2D eigenvalue weighted by atomic mass is 16.5. The van der Waals surface area contributed by atoms with Crippen LogP contribution >= 0.6 is 0 Å². The van der Waals surface area contributed by atoms with Gasteiger partial charge in [0.2, 0.25) is 11.8 Å². The number of carbonyl (C=O) groups is 2. The summed E-state index contributed by atoms with van der Waals surface area (Å²) in [5.41, 5.74) is 0. The van der Waals surface area contributed by atoms with Crippen LogP contribution in [-0.4, -0.2) is 48.3 Å². The van der Waals surface area contributed by atoms with E-state index in [2.05, 4.69) is 10.6 Å². The molecule has 2 aliphatic rings. The smallest absolute Gasteiger partial charge is 0.223 e. The van der Waals surface area contributed by atoms with Crippen molar-refractivity contribution in [2.24, 2.45) is 5.92 Å². The van der Waals surface area contributed by atoms with E-state index in [1.165, 1.54) is 0 Å². The van der Waals surface area contributed by atoms with Crippen LogP contribution in [-0.2, 0) is 14.3 Å². The molecule has 0 bridgehead atoms. The standard InChI is InChI=1S/C15H24N2O4/c1-2-16-14(19)8-11-6-7-12(13(9-18)21-11)17-15(20)10-4-3-5-10/h6-7,10-13,18H,2-5,8-9H2,1H3,(H,16,19)(H,17,20)/t11-,12+,13-/m0/s1. The lowest BCUT2D eigenvalue weighted by atomic mass is 9.84. The fourth-order valence-electron chi connectivity index (χ4n) is 2.54. The number of hydrogen-bond donors (Lipinski definition) is 3. The maximum atomic E-state index is 12.0. The summed E-state index contributed by atoms with van der Waals surface area (Å²) in [4.78, 5) is 23.5. The second kappa shape index (κ2) is 7.56. The highest BCUT2D eigenvalue weighted by Gasteiger charge is 2.32. The summed E-state index contributed by atoms with van der Waals surface area (Å²) in [6.45, 7) is 2.25. The molecule has 6 heteroatoms. The third kappa shape index (κ3) is 4.28. The molecule has 0 aromatic carbocycles. The van der Waals surface area contributed by atoms with E-state index in [4.69, 9.17) is 4.74 Å². The summed E-state index contributed by atoms with van der Waals surface area (Å²) in [6, 6.07) is -0.325. The van der Waals surface area contributed by atoms with Crippen LogP contribution in [0.4, 0.5) is 0 Å². The third-order valence-electron chi connectivity index (χ3n) is 4.01. The van der Waals surface area contributed by atoms with Crippen molar-refractivity contribution in [1.29, 1.82) is 0 Å². The Morgan fingerprint density at radius 1 is 1.33 bits per heavy atom. The first kappa shape index (κ1) is 16.0. The zero-order valence-corrected chi connectivity index (χ0v) is 12.4. The maximum Gasteiger partial charge on any atom is 0.223 e. The molecule has 2 amide bonds. The zero-order chi connectivity index (χ0) is 15.2. The average molecular weight is 296 g/mol. The molecule has 1 fully saturated rings. The first-order valence-electron chi connectivity index (χ1n) is 7.65. The van der Waals surface area contributed by atoms with Gasteiger partial charge in [-0.05, 0) is 19.8 Å². The molecule has 0 aromatic rings. The largest absolute Gasteiger partial charge is 0.394 e. The number of hydrogen-bond acceptors (Lipinski definition) is 4. The highest BCUT2D eigenvalue weighted by molar-refractivity contribution is 5.80. The quantitative estimate of drug-likeness (QED) is 0.607. The Kier molecular flexibility index (Phi) is 5.76. The van der Waals surface area contributed by atoms with Crippen molar-refractivity contribution >= 4 is 11.8 Å². The van der Waals surface area contributed by atoms with Gasteiger partial charge in [-0.15, -0.1) is 0 Å². The van der Waals surface area contributed by atoms with Gasteiger partial charge in [0.15, 0.2) is 0 Å². The van der Waals surface area contributed by atoms with Crippen LogP contribution in [0.5, 0.6) is 0 Å². The maximum absolute atomic E-state index is 12.0. The van der Waals surface area contributed by atoms with Crippen molar-refractivity contribution in [1.82, 2.24) is 10.6 Å². The Bertz CT molecular complexity index is 406. The zero-order valence-electron chi connectivity index (χ0n) is 12.4. The number of aliphatic hydroxyl groups is 1. The second-order valence-electron chi connectivity index (χ2n) is 5.60. The van der Waals surface area contributed by atoms with E-state index < -0.39 is 6.10 Å². The number of carbonyl (C=O) groups excluding carboxylic acids is 2. The predicted molar refractivity (Wildman–Crippen MR) is 77.5 cm³/mol. The lowest BCUT2D eigenvalue weighted by molar-refractivity contribution is -0.131. The summed E-state index contributed by atoms with van der Waals surface area (Å²) >= 11 is 0. The summed E-state index contributed by atoms with van der Waals surface area (Å²) in [5.74, 6) is 0.0479. The van der Waals surface area contributed by atoms with Gasteiger partial charge in [0.05, 0.1) is 25.2 Å². The molecule has 1 aliphatic carbocycles. The Morgan fingerprint density at radius 2 is 2.10 bits per heavy atom. The van der Waals surface area contributed by atoms with Gasteiger partial charge < -0.3 is 20.5 Å². The van der Waals surface area contributed by atoms with Crippen molar-refractivity contribution in [3.05, 3.63) is 12.2 Å². The third-order valence-corrected chi connectivity index (χ3v) is 4.01. The average Bonchev–Trinajstić information content (AvgIpc) is 2.38. The van der Waals surface area contributed by atoms with Gasteiger partial charge in [-0.2, -0.15) is 0 Å². The second-order valence-corrected chi connectivity index (χ2v) is 5.60. The molecule has 6 nitrogen and oxygen atoms in total. The highest BCUT2D eigenvalue weighted by Crippen LogP contribution is 2.27. The molecule has 2 rings (SSSR count). The minimum atomic E-state index is -0.501. The van der Waals surface area contributed by atoms with E-state index >= 15 is 0 Å². The van der Waals surface area contributed by atoms with Crippen molar-refractivity contribution in [2.45, 2.75) is 50.9 Å². The van der Waals surface area contributed by atoms with E-state index in [1.807, 2.05) is 13.0 Å². The first-order chi connectivity index (χ1) is 10.1. The Hall–Kier alpha value is -1.40. The normalized spacial score (nSPS) is 28.8. The van der Waals surface area contributed by atoms with Gasteiger partial charge in [0, 0.05) is 12.5 Å². The van der Waals surface area contributed by atoms with Crippen molar-refractivity contribution in [2.75, 3.05) is 13.2 Å². The molecule has 1 aliphatic heterocycles. The molecule has 0 radical (unpaired) electrons. The van der Waals surface area contributed by atoms with E-state index in [1.54, 1.807) is 6.08 Å². The summed E-state index contributed by atoms with van der Waals surface area (Å²) in [5, 5.41) is 15.1. The summed E-state index contributed by atoms with van der Waals surface area (Å²) in [7, 11) is 0. The minimum absolute atomic E-state index is 0.0279. The molecule has 3 atom stereocenters. The van der Waals surface area contributed by atoms with Crippen LogP contribution in [0, 0.1) is 5.92 Å². The summed E-state index contributed by atoms with van der Waals surface area (Å²) in [6.07, 6.45) is 5.96. The first-order valence-corrected chi connectivity index (χ1v) is 7.65. The predicted octanol–water partition coefficient (Wildman–Crippen LogP) is 0.113. The van der Waals surface area contributed by atoms with E-state index in [0.29, 0.717) is 6.54 Å². The van der Waals surface area contributed by atoms with Gasteiger partial charge in [-0.25, -0.2) is 0 Å². The van der Waals surface area contributed by atoms with Crippen LogP contribution < -0.4 is 10.6 Å². The number of ether oxygens (including phenoxy) is 1. The molecule has 1 heterocycles. The fourth-order valence-corrected chi connectivity index (χ4v) is 2.54. The number of rotatable bonds is 6. The molecule has 1 saturated carbocycles. The van der Waals surface area contributed by atoms with Crippen LogP contribution in [0.3, 0.4) is 0 Å². The lowest BCUT2D eigenvalue weighted by Gasteiger charge is -2.33. The molecule has 21 heavy (non-hydrogen) atoms. The van der Waals surface area contributed by atoms with E-state index in [-0.39, 0.29) is 42.9 Å². The Balaban J connectivity index is 1.88. The van der Waals surface area contributed by atoms with Gasteiger partial charge in [0.1, 0.15) is 6.10 Å². The Morgan fingerprint density at radius 3 is 2.67 bits per heavy atom. The molecule has 0 aromatic heterocycles. The van der Waals surface area contributed by atoms with Crippen molar-refractivity contribution in [3.8, 4) is 0 Å². The number of aliphatic hydroxyl groups excluding tert-OH is 1. The fraction of sp³-hybridized carbons (Fsp3) is 0.733. The van der Waals surface area contributed by atoms with Crippen LogP contribution in [0.15, 0.2) is 12.2 Å². The van der Waals surface area contributed by atoms with Gasteiger partial charge in [-0.1, -0.05) is 18.6 Å². The van der Waals surface area contributed by atoms with Crippen molar-refractivity contribution < 1.29 is 19.4 Å².